The monoisotopic (exact) mass is 261 g/mol. The number of ether oxygens (including phenoxy) is 2. The molecule has 0 radical (unpaired) electrons. The normalized spacial score (nSPS) is 12.4. The largest absolute Gasteiger partial charge is 0.481 e. The first-order chi connectivity index (χ1) is 8.15. The molecule has 0 bridgehead atoms. The molecule has 7 heteroatoms. The number of nitrogens with one attached hydrogen (secondary N) is 1. The Kier molecular flexibility index (Phi) is 6.15. The van der Waals surface area contributed by atoms with Crippen molar-refractivity contribution >= 4 is 18.0 Å². The number of amides is 1. The maximum Gasteiger partial charge on any atom is 0.407 e. The van der Waals surface area contributed by atoms with E-state index in [4.69, 9.17) is 9.84 Å². The third-order valence-electron chi connectivity index (χ3n) is 1.85. The Morgan fingerprint density at radius 2 is 1.83 bits per heavy atom. The summed E-state index contributed by atoms with van der Waals surface area (Å²) in [6, 6.07) is 0. The van der Waals surface area contributed by atoms with Crippen molar-refractivity contribution in [1.82, 2.24) is 5.32 Å². The third-order valence-corrected chi connectivity index (χ3v) is 1.85. The highest BCUT2D eigenvalue weighted by molar-refractivity contribution is 5.79. The van der Waals surface area contributed by atoms with Gasteiger partial charge in [0.1, 0.15) is 5.60 Å². The zero-order chi connectivity index (χ0) is 14.3. The van der Waals surface area contributed by atoms with Gasteiger partial charge in [0.05, 0.1) is 19.4 Å². The molecule has 18 heavy (non-hydrogen) atoms. The molecule has 0 rings (SSSR count). The van der Waals surface area contributed by atoms with Crippen LogP contribution in [-0.2, 0) is 19.1 Å². The Hall–Kier alpha value is -1.79. The maximum absolute atomic E-state index is 11.3. The van der Waals surface area contributed by atoms with Crippen LogP contribution in [0.25, 0.3) is 0 Å². The van der Waals surface area contributed by atoms with Gasteiger partial charge in [0, 0.05) is 6.54 Å². The fourth-order valence-electron chi connectivity index (χ4n) is 1.14. The minimum absolute atomic E-state index is 0.145. The molecule has 0 aromatic rings. The van der Waals surface area contributed by atoms with Crippen LogP contribution in [0.4, 0.5) is 4.79 Å². The van der Waals surface area contributed by atoms with E-state index in [0.717, 1.165) is 7.11 Å². The number of hydrogen-bond donors (Lipinski definition) is 2. The lowest BCUT2D eigenvalue weighted by Crippen LogP contribution is -2.38. The Balaban J connectivity index is 4.30. The van der Waals surface area contributed by atoms with Gasteiger partial charge in [-0.25, -0.2) is 4.79 Å². The van der Waals surface area contributed by atoms with Crippen LogP contribution in [0, 0.1) is 5.92 Å². The van der Waals surface area contributed by atoms with Gasteiger partial charge in [-0.3, -0.25) is 9.59 Å². The average Bonchev–Trinajstić information content (AvgIpc) is 2.20. The molecular formula is C11H19NO6. The van der Waals surface area contributed by atoms with Crippen molar-refractivity contribution in [2.75, 3.05) is 13.7 Å². The molecule has 0 aliphatic heterocycles. The molecule has 7 nitrogen and oxygen atoms in total. The lowest BCUT2D eigenvalue weighted by molar-refractivity contribution is -0.150. The zero-order valence-electron chi connectivity index (χ0n) is 11.0. The summed E-state index contributed by atoms with van der Waals surface area (Å²) in [6.45, 7) is 4.94. The quantitative estimate of drug-likeness (QED) is 0.709. The summed E-state index contributed by atoms with van der Waals surface area (Å²) in [5, 5.41) is 11.0. The Morgan fingerprint density at radius 1 is 1.28 bits per heavy atom. The summed E-state index contributed by atoms with van der Waals surface area (Å²) >= 11 is 0. The number of carboxylic acid groups (broad SMARTS) is 1. The predicted molar refractivity (Wildman–Crippen MR) is 62.0 cm³/mol. The molecule has 0 aliphatic rings. The summed E-state index contributed by atoms with van der Waals surface area (Å²) in [5.74, 6) is -2.76. The second-order valence-corrected chi connectivity index (χ2v) is 4.70. The molecule has 0 aliphatic carbocycles. The van der Waals surface area contributed by atoms with Crippen LogP contribution < -0.4 is 5.32 Å². The van der Waals surface area contributed by atoms with Crippen molar-refractivity contribution in [3.63, 3.8) is 0 Å². The van der Waals surface area contributed by atoms with Crippen molar-refractivity contribution in [1.29, 1.82) is 0 Å². The summed E-state index contributed by atoms with van der Waals surface area (Å²) < 4.78 is 9.41. The van der Waals surface area contributed by atoms with E-state index in [9.17, 15) is 14.4 Å². The first kappa shape index (κ1) is 16.2. The number of carbonyl (C=O) groups is 3. The van der Waals surface area contributed by atoms with E-state index in [1.165, 1.54) is 0 Å². The highest BCUT2D eigenvalue weighted by Gasteiger charge is 2.24. The maximum atomic E-state index is 11.3. The molecule has 0 aromatic heterocycles. The van der Waals surface area contributed by atoms with Gasteiger partial charge >= 0.3 is 18.0 Å². The van der Waals surface area contributed by atoms with Crippen LogP contribution in [0.2, 0.25) is 0 Å². The van der Waals surface area contributed by atoms with Gasteiger partial charge in [-0.2, -0.15) is 0 Å². The van der Waals surface area contributed by atoms with E-state index >= 15 is 0 Å². The van der Waals surface area contributed by atoms with E-state index in [2.05, 4.69) is 10.1 Å². The standard InChI is InChI=1S/C11H19NO6/c1-11(2,3)18-10(16)12-6-7(5-8(13)14)9(15)17-4/h7H,5-6H2,1-4H3,(H,12,16)(H,13,14). The van der Waals surface area contributed by atoms with Crippen molar-refractivity contribution in [2.24, 2.45) is 5.92 Å². The summed E-state index contributed by atoms with van der Waals surface area (Å²) in [6.07, 6.45) is -1.12. The Morgan fingerprint density at radius 3 is 2.22 bits per heavy atom. The fraction of sp³-hybridized carbons (Fsp3) is 0.727. The van der Waals surface area contributed by atoms with Crippen LogP contribution in [0.3, 0.4) is 0 Å². The smallest absolute Gasteiger partial charge is 0.407 e. The molecule has 2 N–H and O–H groups in total. The molecule has 0 saturated carbocycles. The molecule has 1 unspecified atom stereocenters. The second-order valence-electron chi connectivity index (χ2n) is 4.70. The molecular weight excluding hydrogens is 242 g/mol. The summed E-state index contributed by atoms with van der Waals surface area (Å²) in [5.41, 5.74) is -0.655. The molecule has 0 spiro atoms. The van der Waals surface area contributed by atoms with Gasteiger partial charge in [-0.05, 0) is 20.8 Å². The molecule has 1 amide bonds. The molecule has 1 atom stereocenters. The molecule has 0 fully saturated rings. The molecule has 0 heterocycles. The van der Waals surface area contributed by atoms with E-state index in [1.54, 1.807) is 20.8 Å². The van der Waals surface area contributed by atoms with Crippen LogP contribution >= 0.6 is 0 Å². The lowest BCUT2D eigenvalue weighted by Gasteiger charge is -2.20. The Labute approximate surface area is 105 Å². The first-order valence-electron chi connectivity index (χ1n) is 5.42. The minimum atomic E-state index is -1.14. The third kappa shape index (κ3) is 7.48. The van der Waals surface area contributed by atoms with Gasteiger partial charge in [0.25, 0.3) is 0 Å². The Bertz CT molecular complexity index is 320. The molecule has 0 saturated heterocycles. The summed E-state index contributed by atoms with van der Waals surface area (Å²) in [7, 11) is 1.16. The lowest BCUT2D eigenvalue weighted by atomic mass is 10.1. The predicted octanol–water partition coefficient (Wildman–Crippen LogP) is 0.775. The van der Waals surface area contributed by atoms with Crippen molar-refractivity contribution in [3.05, 3.63) is 0 Å². The van der Waals surface area contributed by atoms with Crippen molar-refractivity contribution < 1.29 is 29.0 Å². The number of hydrogen-bond acceptors (Lipinski definition) is 5. The number of alkyl carbamates (subject to hydrolysis) is 1. The highest BCUT2D eigenvalue weighted by atomic mass is 16.6. The van der Waals surface area contributed by atoms with Crippen molar-refractivity contribution in [2.45, 2.75) is 32.8 Å². The SMILES string of the molecule is COC(=O)C(CNC(=O)OC(C)(C)C)CC(=O)O. The number of carboxylic acids is 1. The van der Waals surface area contributed by atoms with Crippen molar-refractivity contribution in [3.8, 4) is 0 Å². The van der Waals surface area contributed by atoms with Gasteiger partial charge in [-0.15, -0.1) is 0 Å². The fourth-order valence-corrected chi connectivity index (χ4v) is 1.14. The van der Waals surface area contributed by atoms with Gasteiger partial charge in [0.15, 0.2) is 0 Å². The van der Waals surface area contributed by atoms with E-state index in [1.807, 2.05) is 0 Å². The number of methoxy groups -OCH3 is 1. The van der Waals surface area contributed by atoms with Crippen LogP contribution in [0.1, 0.15) is 27.2 Å². The van der Waals surface area contributed by atoms with E-state index < -0.39 is 36.0 Å². The number of rotatable bonds is 5. The average molecular weight is 261 g/mol. The summed E-state index contributed by atoms with van der Waals surface area (Å²) in [4.78, 5) is 33.1. The number of carbonyl (C=O) groups excluding carboxylic acids is 2. The molecule has 0 aromatic carbocycles. The number of esters is 1. The first-order valence-corrected chi connectivity index (χ1v) is 5.42. The molecule has 104 valence electrons. The van der Waals surface area contributed by atoms with E-state index in [0.29, 0.717) is 0 Å². The van der Waals surface area contributed by atoms with E-state index in [-0.39, 0.29) is 6.54 Å². The number of aliphatic carboxylic acids is 1. The highest BCUT2D eigenvalue weighted by Crippen LogP contribution is 2.08. The topological polar surface area (TPSA) is 102 Å². The minimum Gasteiger partial charge on any atom is -0.481 e. The van der Waals surface area contributed by atoms with Crippen LogP contribution in [0.15, 0.2) is 0 Å². The van der Waals surface area contributed by atoms with Gasteiger partial charge in [-0.1, -0.05) is 0 Å². The van der Waals surface area contributed by atoms with Gasteiger partial charge in [0.2, 0.25) is 0 Å². The second kappa shape index (κ2) is 6.83. The zero-order valence-corrected chi connectivity index (χ0v) is 11.0. The van der Waals surface area contributed by atoms with Crippen LogP contribution in [-0.4, -0.2) is 42.4 Å². The van der Waals surface area contributed by atoms with Gasteiger partial charge < -0.3 is 19.9 Å². The van der Waals surface area contributed by atoms with Crippen LogP contribution in [0.5, 0.6) is 0 Å².